The molecule has 0 saturated heterocycles. The Balaban J connectivity index is 1.68. The summed E-state index contributed by atoms with van der Waals surface area (Å²) in [5, 5.41) is 5.88. The number of hydrogen-bond acceptors (Lipinski definition) is 3. The van der Waals surface area contributed by atoms with Crippen molar-refractivity contribution in [3.05, 3.63) is 64.5 Å². The molecule has 0 aliphatic carbocycles. The summed E-state index contributed by atoms with van der Waals surface area (Å²) in [6, 6.07) is 10.5. The summed E-state index contributed by atoms with van der Waals surface area (Å²) in [6.07, 6.45) is 0.613. The highest BCUT2D eigenvalue weighted by molar-refractivity contribution is 6.04. The summed E-state index contributed by atoms with van der Waals surface area (Å²) >= 11 is 0. The van der Waals surface area contributed by atoms with Crippen molar-refractivity contribution in [2.45, 2.75) is 33.4 Å². The van der Waals surface area contributed by atoms with Crippen molar-refractivity contribution in [2.75, 3.05) is 18.9 Å². The first-order chi connectivity index (χ1) is 13.4. The minimum absolute atomic E-state index is 0.0580. The molecule has 0 atom stereocenters. The molecule has 0 radical (unpaired) electrons. The van der Waals surface area contributed by atoms with E-state index in [0.717, 1.165) is 17.7 Å². The number of carbonyl (C=O) groups is 2. The zero-order chi connectivity index (χ0) is 20.3. The Morgan fingerprint density at radius 3 is 2.57 bits per heavy atom. The lowest BCUT2D eigenvalue weighted by Crippen LogP contribution is -2.29. The van der Waals surface area contributed by atoms with Gasteiger partial charge in [-0.3, -0.25) is 9.59 Å². The van der Waals surface area contributed by atoms with Gasteiger partial charge in [-0.05, 0) is 47.9 Å². The molecule has 5 nitrogen and oxygen atoms in total. The minimum Gasteiger partial charge on any atom is -0.341 e. The van der Waals surface area contributed by atoms with Gasteiger partial charge >= 0.3 is 0 Å². The molecule has 2 amide bonds. The highest BCUT2D eigenvalue weighted by atomic mass is 19.1. The molecule has 2 N–H and O–H groups in total. The third-order valence-corrected chi connectivity index (χ3v) is 4.96. The highest BCUT2D eigenvalue weighted by Crippen LogP contribution is 2.25. The van der Waals surface area contributed by atoms with Crippen LogP contribution in [0.15, 0.2) is 36.4 Å². The number of halogens is 1. The van der Waals surface area contributed by atoms with Gasteiger partial charge in [-0.15, -0.1) is 0 Å². The Morgan fingerprint density at radius 2 is 1.89 bits per heavy atom. The highest BCUT2D eigenvalue weighted by Gasteiger charge is 2.18. The molecule has 0 fully saturated rings. The molecule has 0 unspecified atom stereocenters. The van der Waals surface area contributed by atoms with Crippen molar-refractivity contribution in [1.29, 1.82) is 0 Å². The maximum absolute atomic E-state index is 14.7. The van der Waals surface area contributed by atoms with Gasteiger partial charge < -0.3 is 15.5 Å². The number of hydrogen-bond donors (Lipinski definition) is 2. The second-order valence-corrected chi connectivity index (χ2v) is 7.49. The lowest BCUT2D eigenvalue weighted by molar-refractivity contribution is -0.133. The predicted molar refractivity (Wildman–Crippen MR) is 108 cm³/mol. The Morgan fingerprint density at radius 1 is 1.18 bits per heavy atom. The van der Waals surface area contributed by atoms with Gasteiger partial charge in [-0.2, -0.15) is 0 Å². The number of nitrogens with one attached hydrogen (secondary N) is 2. The van der Waals surface area contributed by atoms with E-state index in [-0.39, 0.29) is 29.2 Å². The van der Waals surface area contributed by atoms with Gasteiger partial charge in [0.1, 0.15) is 5.82 Å². The van der Waals surface area contributed by atoms with Gasteiger partial charge in [-0.25, -0.2) is 4.39 Å². The van der Waals surface area contributed by atoms with Crippen LogP contribution >= 0.6 is 0 Å². The molecule has 1 aliphatic heterocycles. The van der Waals surface area contributed by atoms with Gasteiger partial charge in [0, 0.05) is 31.6 Å². The Bertz CT molecular complexity index is 878. The zero-order valence-corrected chi connectivity index (χ0v) is 16.5. The molecule has 28 heavy (non-hydrogen) atoms. The summed E-state index contributed by atoms with van der Waals surface area (Å²) < 4.78 is 14.7. The molecule has 0 bridgehead atoms. The van der Waals surface area contributed by atoms with Gasteiger partial charge in [-0.1, -0.05) is 32.0 Å². The van der Waals surface area contributed by atoms with Crippen LogP contribution < -0.4 is 10.6 Å². The first-order valence-electron chi connectivity index (χ1n) is 9.53. The minimum atomic E-state index is -0.356. The molecule has 0 saturated carbocycles. The first kappa shape index (κ1) is 20.0. The van der Waals surface area contributed by atoms with Crippen LogP contribution in [0, 0.1) is 11.7 Å². The zero-order valence-electron chi connectivity index (χ0n) is 16.5. The van der Waals surface area contributed by atoms with E-state index >= 15 is 0 Å². The Kier molecular flexibility index (Phi) is 6.09. The summed E-state index contributed by atoms with van der Waals surface area (Å²) in [4.78, 5) is 26.2. The molecule has 3 rings (SSSR count). The summed E-state index contributed by atoms with van der Waals surface area (Å²) in [6.45, 7) is 5.59. The summed E-state index contributed by atoms with van der Waals surface area (Å²) in [5.41, 5.74) is 3.19. The Labute approximate surface area is 164 Å². The molecular formula is C22H26FN3O2. The van der Waals surface area contributed by atoms with E-state index in [9.17, 15) is 14.0 Å². The van der Waals surface area contributed by atoms with Crippen LogP contribution in [0.3, 0.4) is 0 Å². The molecule has 2 aromatic rings. The van der Waals surface area contributed by atoms with Gasteiger partial charge in [0.15, 0.2) is 0 Å². The van der Waals surface area contributed by atoms with Crippen LogP contribution in [0.2, 0.25) is 0 Å². The fourth-order valence-electron chi connectivity index (χ4n) is 3.38. The number of anilines is 1. The number of rotatable bonds is 5. The number of carbonyl (C=O) groups excluding carboxylic acids is 2. The van der Waals surface area contributed by atoms with Crippen LogP contribution in [-0.2, 0) is 24.3 Å². The fourth-order valence-corrected chi connectivity index (χ4v) is 3.38. The van der Waals surface area contributed by atoms with E-state index in [1.807, 2.05) is 32.0 Å². The smallest absolute Gasteiger partial charge is 0.255 e. The Hall–Kier alpha value is -2.73. The van der Waals surface area contributed by atoms with E-state index < -0.39 is 0 Å². The van der Waals surface area contributed by atoms with Crippen LogP contribution in [-0.4, -0.2) is 30.3 Å². The van der Waals surface area contributed by atoms with Gasteiger partial charge in [0.05, 0.1) is 5.69 Å². The maximum atomic E-state index is 14.7. The van der Waals surface area contributed by atoms with Crippen LogP contribution in [0.1, 0.15) is 40.9 Å². The number of benzene rings is 2. The molecular weight excluding hydrogens is 357 g/mol. The molecule has 1 heterocycles. The van der Waals surface area contributed by atoms with Crippen molar-refractivity contribution in [3.8, 4) is 0 Å². The second-order valence-electron chi connectivity index (χ2n) is 7.49. The molecule has 6 heteroatoms. The molecule has 0 spiro atoms. The third kappa shape index (κ3) is 4.39. The van der Waals surface area contributed by atoms with E-state index in [1.165, 1.54) is 0 Å². The molecule has 1 aliphatic rings. The van der Waals surface area contributed by atoms with Crippen LogP contribution in [0.4, 0.5) is 10.1 Å². The summed E-state index contributed by atoms with van der Waals surface area (Å²) in [7, 11) is 1.76. The number of fused-ring (bicyclic) bond motifs is 1. The van der Waals surface area contributed by atoms with E-state index in [0.29, 0.717) is 30.6 Å². The van der Waals surface area contributed by atoms with Crippen molar-refractivity contribution >= 4 is 17.5 Å². The average molecular weight is 383 g/mol. The topological polar surface area (TPSA) is 61.4 Å². The first-order valence-corrected chi connectivity index (χ1v) is 9.53. The van der Waals surface area contributed by atoms with Crippen molar-refractivity contribution in [3.63, 3.8) is 0 Å². The third-order valence-electron chi connectivity index (χ3n) is 4.96. The fraction of sp³-hybridized carbons (Fsp3) is 0.364. The van der Waals surface area contributed by atoms with E-state index in [1.54, 1.807) is 30.1 Å². The van der Waals surface area contributed by atoms with Gasteiger partial charge in [0.25, 0.3) is 5.91 Å². The lowest BCUT2D eigenvalue weighted by Gasteiger charge is -2.20. The average Bonchev–Trinajstić information content (AvgIpc) is 2.70. The van der Waals surface area contributed by atoms with Crippen molar-refractivity contribution < 1.29 is 14.0 Å². The summed E-state index contributed by atoms with van der Waals surface area (Å²) in [5.74, 6) is -0.694. The monoisotopic (exact) mass is 383 g/mol. The molecule has 148 valence electrons. The van der Waals surface area contributed by atoms with Crippen LogP contribution in [0.5, 0.6) is 0 Å². The van der Waals surface area contributed by atoms with Crippen LogP contribution in [0.25, 0.3) is 0 Å². The lowest BCUT2D eigenvalue weighted by atomic mass is 9.99. The largest absolute Gasteiger partial charge is 0.341 e. The van der Waals surface area contributed by atoms with E-state index in [2.05, 4.69) is 10.6 Å². The van der Waals surface area contributed by atoms with Crippen molar-refractivity contribution in [1.82, 2.24) is 10.2 Å². The normalized spacial score (nSPS) is 13.2. The number of nitrogens with zero attached hydrogens (tertiary/aromatic N) is 1. The van der Waals surface area contributed by atoms with Crippen molar-refractivity contribution in [2.24, 2.45) is 5.92 Å². The van der Waals surface area contributed by atoms with Gasteiger partial charge in [0.2, 0.25) is 5.91 Å². The standard InChI is InChI=1S/C22H26FN3O2/c1-14(2)22(28)26(3)13-15-4-6-16(7-5-15)21(27)25-19-9-8-17-12-24-11-10-18(17)20(19)23/h4-9,14,24H,10-13H2,1-3H3,(H,25,27). The maximum Gasteiger partial charge on any atom is 0.255 e. The second kappa shape index (κ2) is 8.52. The van der Waals surface area contributed by atoms with E-state index in [4.69, 9.17) is 0 Å². The SMILES string of the molecule is CC(C)C(=O)N(C)Cc1ccc(C(=O)Nc2ccc3c(c2F)CCNC3)cc1. The number of amides is 2. The molecule has 0 aromatic heterocycles. The predicted octanol–water partition coefficient (Wildman–Crippen LogP) is 3.34. The molecule has 2 aromatic carbocycles. The quantitative estimate of drug-likeness (QED) is 0.833.